The van der Waals surface area contributed by atoms with E-state index in [2.05, 4.69) is 4.72 Å². The van der Waals surface area contributed by atoms with Crippen LogP contribution in [0.25, 0.3) is 0 Å². The lowest BCUT2D eigenvalue weighted by atomic mass is 9.94. The molecule has 1 amide bonds. The summed E-state index contributed by atoms with van der Waals surface area (Å²) < 4.78 is 68.6. The van der Waals surface area contributed by atoms with Crippen LogP contribution >= 0.6 is 0 Å². The molecular weight excluding hydrogens is 325 g/mol. The van der Waals surface area contributed by atoms with Crippen LogP contribution in [0.2, 0.25) is 0 Å². The summed E-state index contributed by atoms with van der Waals surface area (Å²) in [6.07, 6.45) is -6.47. The molecule has 1 unspecified atom stereocenters. The Balaban J connectivity index is 2.06. The number of carbonyl (C=O) groups excluding carboxylic acids is 1. The van der Waals surface area contributed by atoms with E-state index in [9.17, 15) is 26.4 Å². The van der Waals surface area contributed by atoms with Crippen molar-refractivity contribution in [3.8, 4) is 0 Å². The minimum atomic E-state index is -4.54. The molecule has 0 aromatic rings. The van der Waals surface area contributed by atoms with Crippen LogP contribution in [0, 0.1) is 0 Å². The zero-order chi connectivity index (χ0) is 16.8. The molecule has 0 spiro atoms. The van der Waals surface area contributed by atoms with Crippen molar-refractivity contribution in [2.24, 2.45) is 0 Å². The Morgan fingerprint density at radius 2 is 2.09 bits per heavy atom. The number of ether oxygens (including phenoxy) is 1. The molecule has 6 nitrogen and oxygen atoms in total. The monoisotopic (exact) mass is 344 g/mol. The maximum Gasteiger partial charge on any atom is 0.416 e. The summed E-state index contributed by atoms with van der Waals surface area (Å²) in [7, 11) is -3.40. The molecule has 1 N–H and O–H groups in total. The van der Waals surface area contributed by atoms with Gasteiger partial charge in [-0.1, -0.05) is 0 Å². The number of nitrogens with zero attached hydrogens (tertiary/aromatic N) is 1. The van der Waals surface area contributed by atoms with Crippen molar-refractivity contribution in [2.45, 2.75) is 50.6 Å². The molecule has 128 valence electrons. The normalized spacial score (nSPS) is 35.6. The van der Waals surface area contributed by atoms with E-state index >= 15 is 0 Å². The van der Waals surface area contributed by atoms with Crippen molar-refractivity contribution in [3.05, 3.63) is 0 Å². The van der Waals surface area contributed by atoms with Crippen LogP contribution in [0.4, 0.5) is 13.2 Å². The second-order valence-corrected chi connectivity index (χ2v) is 7.91. The molecule has 22 heavy (non-hydrogen) atoms. The summed E-state index contributed by atoms with van der Waals surface area (Å²) in [4.78, 5) is 13.4. The fraction of sp³-hybridized carbons (Fsp3) is 0.917. The number of halogens is 3. The minimum Gasteiger partial charge on any atom is -0.365 e. The van der Waals surface area contributed by atoms with Crippen LogP contribution in [-0.4, -0.2) is 62.0 Å². The topological polar surface area (TPSA) is 75.7 Å². The average molecular weight is 344 g/mol. The van der Waals surface area contributed by atoms with Crippen molar-refractivity contribution in [3.63, 3.8) is 0 Å². The van der Waals surface area contributed by atoms with Crippen LogP contribution in [0.15, 0.2) is 0 Å². The first kappa shape index (κ1) is 17.5. The van der Waals surface area contributed by atoms with Crippen molar-refractivity contribution >= 4 is 15.9 Å². The van der Waals surface area contributed by atoms with Gasteiger partial charge >= 0.3 is 6.18 Å². The molecule has 2 saturated heterocycles. The first-order valence-corrected chi connectivity index (χ1v) is 8.58. The first-order valence-electron chi connectivity index (χ1n) is 6.93. The second-order valence-electron chi connectivity index (χ2n) is 6.07. The summed E-state index contributed by atoms with van der Waals surface area (Å²) in [6.45, 7) is 2.75. The third-order valence-electron chi connectivity index (χ3n) is 4.07. The lowest BCUT2D eigenvalue weighted by Crippen LogP contribution is -2.58. The second kappa shape index (κ2) is 5.64. The predicted molar refractivity (Wildman–Crippen MR) is 71.5 cm³/mol. The molecule has 0 radical (unpaired) electrons. The van der Waals surface area contributed by atoms with Gasteiger partial charge in [0.1, 0.15) is 0 Å². The van der Waals surface area contributed by atoms with Crippen LogP contribution in [0.5, 0.6) is 0 Å². The Kier molecular flexibility index (Phi) is 4.48. The van der Waals surface area contributed by atoms with E-state index in [1.807, 2.05) is 0 Å². The Hall–Kier alpha value is -0.870. The van der Waals surface area contributed by atoms with Gasteiger partial charge in [-0.05, 0) is 20.3 Å². The van der Waals surface area contributed by atoms with E-state index in [1.54, 1.807) is 6.92 Å². The van der Waals surface area contributed by atoms with Gasteiger partial charge in [0.25, 0.3) is 0 Å². The molecule has 0 aliphatic carbocycles. The lowest BCUT2D eigenvalue weighted by molar-refractivity contribution is -0.250. The van der Waals surface area contributed by atoms with Gasteiger partial charge in [-0.25, -0.2) is 13.1 Å². The zero-order valence-electron chi connectivity index (χ0n) is 12.3. The largest absolute Gasteiger partial charge is 0.416 e. The van der Waals surface area contributed by atoms with Gasteiger partial charge in [-0.3, -0.25) is 4.79 Å². The van der Waals surface area contributed by atoms with Gasteiger partial charge in [0, 0.05) is 18.5 Å². The zero-order valence-corrected chi connectivity index (χ0v) is 13.1. The molecular formula is C12H19F3N2O4S. The molecule has 3 atom stereocenters. The van der Waals surface area contributed by atoms with Gasteiger partial charge in [0.15, 0.2) is 6.10 Å². The van der Waals surface area contributed by atoms with E-state index in [4.69, 9.17) is 4.74 Å². The van der Waals surface area contributed by atoms with Crippen molar-refractivity contribution in [2.75, 3.05) is 18.9 Å². The van der Waals surface area contributed by atoms with E-state index in [-0.39, 0.29) is 31.7 Å². The number of alkyl halides is 3. The van der Waals surface area contributed by atoms with E-state index in [0.29, 0.717) is 0 Å². The third-order valence-corrected chi connectivity index (χ3v) is 5.61. The fourth-order valence-corrected chi connectivity index (χ4v) is 4.65. The van der Waals surface area contributed by atoms with Gasteiger partial charge in [-0.2, -0.15) is 13.2 Å². The molecule has 0 saturated carbocycles. The third kappa shape index (κ3) is 3.72. The molecule has 0 aromatic heterocycles. The predicted octanol–water partition coefficient (Wildman–Crippen LogP) is 0.636. The molecule has 2 aliphatic heterocycles. The highest BCUT2D eigenvalue weighted by molar-refractivity contribution is 7.89. The molecule has 10 heteroatoms. The number of carbonyl (C=O) groups is 1. The quantitative estimate of drug-likeness (QED) is 0.798. The summed E-state index contributed by atoms with van der Waals surface area (Å²) in [5.41, 5.74) is -0.943. The highest BCUT2D eigenvalue weighted by atomic mass is 32.2. The highest BCUT2D eigenvalue weighted by Crippen LogP contribution is 2.31. The number of rotatable bonds is 2. The van der Waals surface area contributed by atoms with E-state index in [0.717, 1.165) is 4.90 Å². The number of nitrogens with one attached hydrogen (secondary N) is 1. The highest BCUT2D eigenvalue weighted by Gasteiger charge is 2.50. The summed E-state index contributed by atoms with van der Waals surface area (Å²) in [5, 5.41) is 0. The Labute approximate surface area is 127 Å². The SMILES string of the molecule is C[C@@H]1[C@H](C(F)(F)F)OCCN1C(=O)CC1(C)CCS(=O)(=O)N1. The number of sulfonamides is 1. The van der Waals surface area contributed by atoms with Gasteiger partial charge < -0.3 is 9.64 Å². The Bertz CT molecular complexity index is 551. The van der Waals surface area contributed by atoms with Gasteiger partial charge in [-0.15, -0.1) is 0 Å². The van der Waals surface area contributed by atoms with Crippen molar-refractivity contribution in [1.29, 1.82) is 0 Å². The minimum absolute atomic E-state index is 0.0649. The molecule has 0 aromatic carbocycles. The van der Waals surface area contributed by atoms with Gasteiger partial charge in [0.05, 0.1) is 18.4 Å². The Morgan fingerprint density at radius 3 is 2.59 bits per heavy atom. The van der Waals surface area contributed by atoms with E-state index in [1.165, 1.54) is 6.92 Å². The molecule has 2 rings (SSSR count). The first-order chi connectivity index (χ1) is 9.94. The summed E-state index contributed by atoms with van der Waals surface area (Å²) in [5.74, 6) is -0.585. The van der Waals surface area contributed by atoms with Crippen LogP contribution in [-0.2, 0) is 19.6 Å². The summed E-state index contributed by atoms with van der Waals surface area (Å²) >= 11 is 0. The van der Waals surface area contributed by atoms with Crippen LogP contribution in [0.1, 0.15) is 26.7 Å². The number of hydrogen-bond donors (Lipinski definition) is 1. The number of amides is 1. The fourth-order valence-electron chi connectivity index (χ4n) is 2.90. The standard InChI is InChI=1S/C12H19F3N2O4S/c1-8-10(12(13,14)15)21-5-4-17(8)9(18)7-11(2)3-6-22(19,20)16-11/h8,10,16H,3-7H2,1-2H3/t8-,10-,11?/m1/s1. The number of hydrogen-bond acceptors (Lipinski definition) is 4. The Morgan fingerprint density at radius 1 is 1.45 bits per heavy atom. The van der Waals surface area contributed by atoms with Crippen LogP contribution in [0.3, 0.4) is 0 Å². The smallest absolute Gasteiger partial charge is 0.365 e. The summed E-state index contributed by atoms with van der Waals surface area (Å²) in [6, 6.07) is -1.14. The molecule has 2 fully saturated rings. The molecule has 0 bridgehead atoms. The number of morpholine rings is 1. The average Bonchev–Trinajstić information content (AvgIpc) is 2.61. The van der Waals surface area contributed by atoms with E-state index < -0.39 is 39.8 Å². The maximum atomic E-state index is 12.9. The molecule has 2 heterocycles. The van der Waals surface area contributed by atoms with Crippen molar-refractivity contribution < 1.29 is 31.1 Å². The van der Waals surface area contributed by atoms with Gasteiger partial charge in [0.2, 0.25) is 15.9 Å². The van der Waals surface area contributed by atoms with Crippen molar-refractivity contribution in [1.82, 2.24) is 9.62 Å². The van der Waals surface area contributed by atoms with Crippen LogP contribution < -0.4 is 4.72 Å². The molecule has 2 aliphatic rings. The lowest BCUT2D eigenvalue weighted by Gasteiger charge is -2.41. The maximum absolute atomic E-state index is 12.9.